The third-order valence-electron chi connectivity index (χ3n) is 5.29. The lowest BCUT2D eigenvalue weighted by Gasteiger charge is -2.31. The lowest BCUT2D eigenvalue weighted by molar-refractivity contribution is -0.137. The normalized spacial score (nSPS) is 13.6. The number of pyridine rings is 1. The van der Waals surface area contributed by atoms with Crippen molar-refractivity contribution in [3.8, 4) is 0 Å². The molecule has 4 rings (SSSR count). The summed E-state index contributed by atoms with van der Waals surface area (Å²) in [6, 6.07) is 25.5. The van der Waals surface area contributed by atoms with Crippen molar-refractivity contribution in [3.63, 3.8) is 0 Å². The molecule has 0 saturated heterocycles. The number of aromatic nitrogens is 1. The van der Waals surface area contributed by atoms with Crippen LogP contribution in [0.25, 0.3) is 5.70 Å². The van der Waals surface area contributed by atoms with Crippen LogP contribution >= 0.6 is 11.8 Å². The zero-order chi connectivity index (χ0) is 22.2. The first kappa shape index (κ1) is 21.8. The summed E-state index contributed by atoms with van der Waals surface area (Å²) in [5.41, 5.74) is 3.71. The maximum Gasteiger partial charge on any atom is 0.242 e. The highest BCUT2D eigenvalue weighted by atomic mass is 32.2. The number of hydrogen-bond donors (Lipinski definition) is 0. The van der Waals surface area contributed by atoms with Crippen LogP contribution in [0.1, 0.15) is 16.8 Å². The molecule has 0 fully saturated rings. The Kier molecular flexibility index (Phi) is 7.35. The average Bonchev–Trinajstić information content (AvgIpc) is 2.84. The van der Waals surface area contributed by atoms with E-state index in [1.807, 2.05) is 89.2 Å². The Labute approximate surface area is 192 Å². The van der Waals surface area contributed by atoms with Gasteiger partial charge in [-0.1, -0.05) is 66.7 Å². The summed E-state index contributed by atoms with van der Waals surface area (Å²) in [7, 11) is 0. The highest BCUT2D eigenvalue weighted by Crippen LogP contribution is 2.28. The van der Waals surface area contributed by atoms with Crippen molar-refractivity contribution in [2.75, 3.05) is 18.8 Å². The van der Waals surface area contributed by atoms with Gasteiger partial charge in [-0.3, -0.25) is 14.6 Å². The second kappa shape index (κ2) is 10.8. The van der Waals surface area contributed by atoms with Gasteiger partial charge < -0.3 is 9.80 Å². The molecule has 0 radical (unpaired) electrons. The Morgan fingerprint density at radius 3 is 2.41 bits per heavy atom. The minimum Gasteiger partial charge on any atom is -0.336 e. The van der Waals surface area contributed by atoms with Crippen LogP contribution < -0.4 is 0 Å². The molecule has 1 aromatic heterocycles. The summed E-state index contributed by atoms with van der Waals surface area (Å²) in [5, 5.41) is 1.97. The average molecular weight is 444 g/mol. The van der Waals surface area contributed by atoms with E-state index in [4.69, 9.17) is 0 Å². The van der Waals surface area contributed by atoms with E-state index in [9.17, 15) is 9.59 Å². The van der Waals surface area contributed by atoms with Crippen molar-refractivity contribution in [1.82, 2.24) is 14.8 Å². The fraction of sp³-hybridized carbons (Fsp3) is 0.192. The number of nitrogens with zero attached hydrogens (tertiary/aromatic N) is 3. The van der Waals surface area contributed by atoms with Crippen molar-refractivity contribution in [1.29, 1.82) is 0 Å². The first-order valence-electron chi connectivity index (χ1n) is 10.6. The number of hydrogen-bond acceptors (Lipinski definition) is 4. The zero-order valence-corrected chi connectivity index (χ0v) is 18.6. The number of thioether (sulfide) groups is 1. The maximum atomic E-state index is 13.4. The molecule has 0 atom stereocenters. The lowest BCUT2D eigenvalue weighted by Crippen LogP contribution is -2.44. The second-order valence-corrected chi connectivity index (χ2v) is 8.39. The molecule has 6 heteroatoms. The monoisotopic (exact) mass is 443 g/mol. The Hall–Kier alpha value is -3.38. The number of amides is 2. The molecule has 0 unspecified atom stereocenters. The van der Waals surface area contributed by atoms with Gasteiger partial charge in [-0.25, -0.2) is 0 Å². The summed E-state index contributed by atoms with van der Waals surface area (Å²) in [6.45, 7) is 1.05. The molecule has 0 saturated carbocycles. The standard InChI is InChI=1S/C26H25N3O2S/c30-25(18-29-24(19-32-20-26(29)31)22-11-5-2-6-12-22)28(17-21-9-3-1-4-10-21)16-14-23-13-7-8-15-27-23/h1-13,15,19H,14,16-18,20H2. The number of rotatable bonds is 8. The minimum atomic E-state index is -0.0770. The quantitative estimate of drug-likeness (QED) is 0.523. The van der Waals surface area contributed by atoms with E-state index in [2.05, 4.69) is 4.98 Å². The predicted molar refractivity (Wildman–Crippen MR) is 128 cm³/mol. The molecule has 1 aliphatic rings. The van der Waals surface area contributed by atoms with Crippen LogP contribution in [0.2, 0.25) is 0 Å². The molecule has 1 aliphatic heterocycles. The summed E-state index contributed by atoms with van der Waals surface area (Å²) in [5.74, 6) is 0.219. The Morgan fingerprint density at radius 2 is 1.69 bits per heavy atom. The van der Waals surface area contributed by atoms with Crippen molar-refractivity contribution in [3.05, 3.63) is 107 Å². The summed E-state index contributed by atoms with van der Waals surface area (Å²) < 4.78 is 0. The van der Waals surface area contributed by atoms with Crippen LogP contribution in [0.5, 0.6) is 0 Å². The van der Waals surface area contributed by atoms with Gasteiger partial charge in [-0.2, -0.15) is 0 Å². The van der Waals surface area contributed by atoms with Gasteiger partial charge in [0.2, 0.25) is 11.8 Å². The number of benzene rings is 2. The maximum absolute atomic E-state index is 13.4. The van der Waals surface area contributed by atoms with Crippen molar-refractivity contribution < 1.29 is 9.59 Å². The van der Waals surface area contributed by atoms with E-state index < -0.39 is 0 Å². The van der Waals surface area contributed by atoms with Gasteiger partial charge in [-0.15, -0.1) is 11.8 Å². The fourth-order valence-corrected chi connectivity index (χ4v) is 4.40. The van der Waals surface area contributed by atoms with Crippen LogP contribution in [0, 0.1) is 0 Å². The summed E-state index contributed by atoms with van der Waals surface area (Å²) in [6.07, 6.45) is 2.42. The van der Waals surface area contributed by atoms with Gasteiger partial charge in [0.15, 0.2) is 0 Å². The lowest BCUT2D eigenvalue weighted by atomic mass is 10.1. The van der Waals surface area contributed by atoms with Gasteiger partial charge in [-0.05, 0) is 28.7 Å². The summed E-state index contributed by atoms with van der Waals surface area (Å²) >= 11 is 1.47. The molecule has 2 heterocycles. The molecule has 3 aromatic rings. The highest BCUT2D eigenvalue weighted by molar-refractivity contribution is 8.03. The molecular formula is C26H25N3O2S. The molecule has 5 nitrogen and oxygen atoms in total. The predicted octanol–water partition coefficient (Wildman–Crippen LogP) is 4.23. The van der Waals surface area contributed by atoms with Crippen LogP contribution in [-0.4, -0.2) is 45.4 Å². The second-order valence-electron chi connectivity index (χ2n) is 7.53. The number of carbonyl (C=O) groups is 2. The zero-order valence-electron chi connectivity index (χ0n) is 17.8. The molecule has 0 aliphatic carbocycles. The molecule has 2 aromatic carbocycles. The van der Waals surface area contributed by atoms with Crippen molar-refractivity contribution in [2.45, 2.75) is 13.0 Å². The molecule has 32 heavy (non-hydrogen) atoms. The molecule has 0 spiro atoms. The largest absolute Gasteiger partial charge is 0.336 e. The summed E-state index contributed by atoms with van der Waals surface area (Å²) in [4.78, 5) is 34.0. The fourth-order valence-electron chi connectivity index (χ4n) is 3.60. The van der Waals surface area contributed by atoms with E-state index in [0.717, 1.165) is 22.5 Å². The first-order valence-corrected chi connectivity index (χ1v) is 11.6. The van der Waals surface area contributed by atoms with E-state index in [1.54, 1.807) is 11.1 Å². The number of carbonyl (C=O) groups excluding carboxylic acids is 2. The molecule has 0 N–H and O–H groups in total. The van der Waals surface area contributed by atoms with E-state index in [1.165, 1.54) is 11.8 Å². The van der Waals surface area contributed by atoms with E-state index >= 15 is 0 Å². The molecule has 0 bridgehead atoms. The topological polar surface area (TPSA) is 53.5 Å². The van der Waals surface area contributed by atoms with Crippen LogP contribution in [-0.2, 0) is 22.6 Å². The molecule has 162 valence electrons. The van der Waals surface area contributed by atoms with Gasteiger partial charge in [0, 0.05) is 31.4 Å². The van der Waals surface area contributed by atoms with E-state index in [-0.39, 0.29) is 18.4 Å². The third kappa shape index (κ3) is 5.65. The van der Waals surface area contributed by atoms with Crippen LogP contribution in [0.4, 0.5) is 0 Å². The van der Waals surface area contributed by atoms with Gasteiger partial charge >= 0.3 is 0 Å². The van der Waals surface area contributed by atoms with Crippen molar-refractivity contribution >= 4 is 29.3 Å². The van der Waals surface area contributed by atoms with Crippen LogP contribution in [0.15, 0.2) is 90.5 Å². The molecular weight excluding hydrogens is 418 g/mol. The SMILES string of the molecule is O=C(CN1C(=O)CSC=C1c1ccccc1)N(CCc1ccccn1)Cc1ccccc1. The minimum absolute atomic E-state index is 0.0230. The highest BCUT2D eigenvalue weighted by Gasteiger charge is 2.27. The smallest absolute Gasteiger partial charge is 0.242 e. The van der Waals surface area contributed by atoms with Gasteiger partial charge in [0.1, 0.15) is 6.54 Å². The first-order chi connectivity index (χ1) is 15.7. The van der Waals surface area contributed by atoms with Crippen molar-refractivity contribution in [2.24, 2.45) is 0 Å². The Balaban J connectivity index is 1.53. The Bertz CT molecular complexity index is 1070. The van der Waals surface area contributed by atoms with Crippen LogP contribution in [0.3, 0.4) is 0 Å². The van der Waals surface area contributed by atoms with E-state index in [0.29, 0.717) is 25.3 Å². The van der Waals surface area contributed by atoms with Gasteiger partial charge in [0.05, 0.1) is 11.4 Å². The third-order valence-corrected chi connectivity index (χ3v) is 6.09. The molecule has 2 amide bonds. The Morgan fingerprint density at radius 1 is 0.969 bits per heavy atom. The van der Waals surface area contributed by atoms with Gasteiger partial charge in [0.25, 0.3) is 0 Å².